The highest BCUT2D eigenvalue weighted by Gasteiger charge is 2.15. The molecule has 0 atom stereocenters. The number of nitriles is 1. The summed E-state index contributed by atoms with van der Waals surface area (Å²) in [6, 6.07) is 15.1. The van der Waals surface area contributed by atoms with Crippen LogP contribution >= 0.6 is 11.3 Å². The maximum atomic E-state index is 9.04. The van der Waals surface area contributed by atoms with Gasteiger partial charge in [-0.3, -0.25) is 4.99 Å². The normalized spacial score (nSPS) is 12.0. The Morgan fingerprint density at radius 3 is 2.52 bits per heavy atom. The van der Waals surface area contributed by atoms with Gasteiger partial charge in [0.2, 0.25) is 4.80 Å². The summed E-state index contributed by atoms with van der Waals surface area (Å²) in [6.45, 7) is 2.97. The third-order valence-electron chi connectivity index (χ3n) is 4.59. The highest BCUT2D eigenvalue weighted by Crippen LogP contribution is 2.33. The van der Waals surface area contributed by atoms with Crippen LogP contribution in [0.1, 0.15) is 18.1 Å². The molecule has 31 heavy (non-hydrogen) atoms. The van der Waals surface area contributed by atoms with Crippen LogP contribution in [-0.2, 0) is 4.74 Å². The number of benzene rings is 2. The van der Waals surface area contributed by atoms with Crippen LogP contribution in [0, 0.1) is 11.3 Å². The number of aromatic nitrogens is 1. The minimum atomic E-state index is 0.522. The molecule has 7 nitrogen and oxygen atoms in total. The lowest BCUT2D eigenvalue weighted by Gasteiger charge is -2.12. The van der Waals surface area contributed by atoms with Gasteiger partial charge in [0.1, 0.15) is 11.5 Å². The molecule has 1 heterocycles. The molecule has 3 aromatic rings. The number of nitrogens with zero attached hydrogens (tertiary/aromatic N) is 4. The maximum absolute atomic E-state index is 9.04. The molecule has 160 valence electrons. The van der Waals surface area contributed by atoms with E-state index in [1.807, 2.05) is 47.3 Å². The number of rotatable bonds is 8. The minimum Gasteiger partial charge on any atom is -0.497 e. The third kappa shape index (κ3) is 5.20. The van der Waals surface area contributed by atoms with E-state index in [1.54, 1.807) is 33.5 Å². The third-order valence-corrected chi connectivity index (χ3v) is 5.45. The first kappa shape index (κ1) is 22.3. The van der Waals surface area contributed by atoms with Crippen LogP contribution in [0.3, 0.4) is 0 Å². The molecule has 0 unspecified atom stereocenters. The molecule has 0 aliphatic heterocycles. The van der Waals surface area contributed by atoms with E-state index < -0.39 is 0 Å². The topological polar surface area (TPSA) is 81.1 Å². The van der Waals surface area contributed by atoms with Crippen molar-refractivity contribution in [2.45, 2.75) is 6.92 Å². The van der Waals surface area contributed by atoms with E-state index >= 15 is 0 Å². The van der Waals surface area contributed by atoms with E-state index in [9.17, 15) is 0 Å². The fourth-order valence-corrected chi connectivity index (χ4v) is 3.78. The molecular formula is C23H24N4O3S. The molecule has 0 fully saturated rings. The zero-order valence-corrected chi connectivity index (χ0v) is 18.8. The lowest BCUT2D eigenvalue weighted by atomic mass is 10.1. The highest BCUT2D eigenvalue weighted by atomic mass is 32.1. The molecular weight excluding hydrogens is 412 g/mol. The number of hydrogen-bond acceptors (Lipinski definition) is 7. The van der Waals surface area contributed by atoms with E-state index in [-0.39, 0.29) is 0 Å². The van der Waals surface area contributed by atoms with E-state index in [2.05, 4.69) is 11.1 Å². The Bertz CT molecular complexity index is 1170. The van der Waals surface area contributed by atoms with Crippen LogP contribution in [0.15, 0.2) is 57.9 Å². The molecule has 0 N–H and O–H groups in total. The Morgan fingerprint density at radius 2 is 1.87 bits per heavy atom. The largest absolute Gasteiger partial charge is 0.497 e. The van der Waals surface area contributed by atoms with Gasteiger partial charge in [0.05, 0.1) is 50.4 Å². The molecule has 0 radical (unpaired) electrons. The SMILES string of the molecule is COCCN=c1scc(-c2cc(OC)ccc2OC)n1N=C(C)c1ccc(C#N)cc1. The molecule has 1 aromatic heterocycles. The summed E-state index contributed by atoms with van der Waals surface area (Å²) < 4.78 is 17.9. The van der Waals surface area contributed by atoms with Crippen LogP contribution < -0.4 is 14.3 Å². The van der Waals surface area contributed by atoms with Crippen LogP contribution in [-0.4, -0.2) is 44.9 Å². The second kappa shape index (κ2) is 10.6. The molecule has 8 heteroatoms. The molecule has 0 saturated heterocycles. The van der Waals surface area contributed by atoms with Gasteiger partial charge in [-0.15, -0.1) is 11.3 Å². The van der Waals surface area contributed by atoms with Gasteiger partial charge in [0, 0.05) is 18.1 Å². The Kier molecular flexibility index (Phi) is 7.60. The zero-order chi connectivity index (χ0) is 22.2. The highest BCUT2D eigenvalue weighted by molar-refractivity contribution is 7.07. The van der Waals surface area contributed by atoms with Crippen molar-refractivity contribution < 1.29 is 14.2 Å². The molecule has 0 bridgehead atoms. The first-order valence-corrected chi connectivity index (χ1v) is 10.5. The maximum Gasteiger partial charge on any atom is 0.206 e. The smallest absolute Gasteiger partial charge is 0.206 e. The second-order valence-electron chi connectivity index (χ2n) is 6.53. The monoisotopic (exact) mass is 436 g/mol. The number of hydrogen-bond donors (Lipinski definition) is 0. The van der Waals surface area contributed by atoms with Crippen LogP contribution in [0.4, 0.5) is 0 Å². The first-order chi connectivity index (χ1) is 15.1. The second-order valence-corrected chi connectivity index (χ2v) is 7.37. The fraction of sp³-hybridized carbons (Fsp3) is 0.261. The van der Waals surface area contributed by atoms with Crippen molar-refractivity contribution in [3.05, 3.63) is 63.8 Å². The van der Waals surface area contributed by atoms with E-state index in [0.29, 0.717) is 24.5 Å². The predicted molar refractivity (Wildman–Crippen MR) is 122 cm³/mol. The average molecular weight is 437 g/mol. The summed E-state index contributed by atoms with van der Waals surface area (Å²) >= 11 is 1.49. The molecule has 0 amide bonds. The molecule has 3 rings (SSSR count). The molecule has 0 saturated carbocycles. The summed E-state index contributed by atoms with van der Waals surface area (Å²) in [5.74, 6) is 1.43. The first-order valence-electron chi connectivity index (χ1n) is 9.59. The fourth-order valence-electron chi connectivity index (χ4n) is 2.93. The van der Waals surface area contributed by atoms with Crippen molar-refractivity contribution in [1.82, 2.24) is 4.68 Å². The van der Waals surface area contributed by atoms with Crippen LogP contribution in [0.2, 0.25) is 0 Å². The lowest BCUT2D eigenvalue weighted by Crippen LogP contribution is -2.15. The molecule has 0 aliphatic carbocycles. The number of ether oxygens (including phenoxy) is 3. The molecule has 0 aliphatic rings. The molecule has 0 spiro atoms. The quantitative estimate of drug-likeness (QED) is 0.396. The molecule has 2 aromatic carbocycles. The van der Waals surface area contributed by atoms with Gasteiger partial charge in [0.15, 0.2) is 0 Å². The van der Waals surface area contributed by atoms with Gasteiger partial charge >= 0.3 is 0 Å². The van der Waals surface area contributed by atoms with Gasteiger partial charge in [-0.1, -0.05) is 12.1 Å². The van der Waals surface area contributed by atoms with E-state index in [4.69, 9.17) is 24.6 Å². The van der Waals surface area contributed by atoms with Gasteiger partial charge < -0.3 is 14.2 Å². The standard InChI is InChI=1S/C23H24N4O3S/c1-16(18-7-5-17(14-24)6-8-18)26-27-21(15-31-23(27)25-11-12-28-2)20-13-19(29-3)9-10-22(20)30-4/h5-10,13,15H,11-12H2,1-4H3. The Balaban J connectivity index is 2.16. The van der Waals surface area contributed by atoms with Crippen molar-refractivity contribution in [2.75, 3.05) is 34.5 Å². The van der Waals surface area contributed by atoms with Gasteiger partial charge in [-0.2, -0.15) is 10.4 Å². The van der Waals surface area contributed by atoms with Crippen molar-refractivity contribution >= 4 is 17.0 Å². The van der Waals surface area contributed by atoms with Crippen molar-refractivity contribution in [2.24, 2.45) is 10.1 Å². The van der Waals surface area contributed by atoms with Gasteiger partial charge in [0.25, 0.3) is 0 Å². The lowest BCUT2D eigenvalue weighted by molar-refractivity contribution is 0.207. The minimum absolute atomic E-state index is 0.522. The van der Waals surface area contributed by atoms with Crippen LogP contribution in [0.25, 0.3) is 11.3 Å². The Morgan fingerprint density at radius 1 is 1.10 bits per heavy atom. The van der Waals surface area contributed by atoms with Gasteiger partial charge in [-0.05, 0) is 42.8 Å². The number of methoxy groups -OCH3 is 3. The summed E-state index contributed by atoms with van der Waals surface area (Å²) in [6.07, 6.45) is 0. The van der Waals surface area contributed by atoms with Gasteiger partial charge in [-0.25, -0.2) is 4.68 Å². The summed E-state index contributed by atoms with van der Waals surface area (Å²) in [5.41, 5.74) is 4.01. The average Bonchev–Trinajstić information content (AvgIpc) is 3.20. The summed E-state index contributed by atoms with van der Waals surface area (Å²) in [4.78, 5) is 5.39. The Hall–Kier alpha value is -3.41. The van der Waals surface area contributed by atoms with Crippen molar-refractivity contribution in [3.63, 3.8) is 0 Å². The number of thiazole rings is 1. The van der Waals surface area contributed by atoms with Crippen LogP contribution in [0.5, 0.6) is 11.5 Å². The summed E-state index contributed by atoms with van der Waals surface area (Å²) in [5, 5.41) is 15.9. The van der Waals surface area contributed by atoms with E-state index in [1.165, 1.54) is 11.3 Å². The Labute approximate surface area is 185 Å². The van der Waals surface area contributed by atoms with Crippen molar-refractivity contribution in [1.29, 1.82) is 5.26 Å². The van der Waals surface area contributed by atoms with E-state index in [0.717, 1.165) is 33.1 Å². The zero-order valence-electron chi connectivity index (χ0n) is 18.0. The summed E-state index contributed by atoms with van der Waals surface area (Å²) in [7, 11) is 4.92. The predicted octanol–water partition coefficient (Wildman–Crippen LogP) is 3.92. The van der Waals surface area contributed by atoms with Crippen molar-refractivity contribution in [3.8, 4) is 28.8 Å².